The van der Waals surface area contributed by atoms with Crippen LogP contribution in [0, 0.1) is 5.95 Å². The lowest BCUT2D eigenvalue weighted by molar-refractivity contribution is 0.572. The lowest BCUT2D eigenvalue weighted by Crippen LogP contribution is -1.83. The predicted octanol–water partition coefficient (Wildman–Crippen LogP) is 2.22. The number of hydrogen-bond acceptors (Lipinski definition) is 5. The van der Waals surface area contributed by atoms with Crippen molar-refractivity contribution >= 4 is 23.1 Å². The number of hydrogen-bond donors (Lipinski definition) is 0. The average molecular weight is 213 g/mol. The number of halogens is 1. The molecule has 0 atom stereocenters. The molecule has 0 saturated carbocycles. The number of aromatic nitrogens is 3. The summed E-state index contributed by atoms with van der Waals surface area (Å²) in [6.45, 7) is 0. The van der Waals surface area contributed by atoms with Crippen LogP contribution in [0.4, 0.5) is 4.39 Å². The van der Waals surface area contributed by atoms with E-state index in [-0.39, 0.29) is 0 Å². The maximum absolute atomic E-state index is 12.6. The first-order chi connectivity index (χ1) is 6.34. The molecule has 0 bridgehead atoms. The molecule has 0 N–H and O–H groups in total. The SMILES string of the molecule is Fc1cccc(Sc2nncs2)n1. The Morgan fingerprint density at radius 1 is 1.38 bits per heavy atom. The zero-order valence-electron chi connectivity index (χ0n) is 6.35. The van der Waals surface area contributed by atoms with Crippen LogP contribution in [0.1, 0.15) is 0 Å². The highest BCUT2D eigenvalue weighted by atomic mass is 32.2. The molecule has 13 heavy (non-hydrogen) atoms. The third-order valence-corrected chi connectivity index (χ3v) is 2.94. The number of rotatable bonds is 2. The first kappa shape index (κ1) is 8.58. The van der Waals surface area contributed by atoms with Crippen LogP contribution in [0.3, 0.4) is 0 Å². The van der Waals surface area contributed by atoms with Crippen molar-refractivity contribution in [1.29, 1.82) is 0 Å². The van der Waals surface area contributed by atoms with Gasteiger partial charge in [0.2, 0.25) is 5.95 Å². The molecule has 0 aromatic carbocycles. The van der Waals surface area contributed by atoms with E-state index in [1.807, 2.05) is 0 Å². The fourth-order valence-electron chi connectivity index (χ4n) is 0.743. The number of nitrogens with zero attached hydrogens (tertiary/aromatic N) is 3. The van der Waals surface area contributed by atoms with E-state index in [9.17, 15) is 4.39 Å². The van der Waals surface area contributed by atoms with Crippen LogP contribution in [0.25, 0.3) is 0 Å². The first-order valence-electron chi connectivity index (χ1n) is 3.41. The Bertz CT molecular complexity index is 390. The smallest absolute Gasteiger partial charge is 0.213 e. The van der Waals surface area contributed by atoms with Crippen molar-refractivity contribution in [1.82, 2.24) is 15.2 Å². The molecule has 0 unspecified atom stereocenters. The van der Waals surface area contributed by atoms with Crippen molar-refractivity contribution in [3.63, 3.8) is 0 Å². The van der Waals surface area contributed by atoms with Gasteiger partial charge in [0.05, 0.1) is 0 Å². The minimum Gasteiger partial charge on any atom is -0.213 e. The lowest BCUT2D eigenvalue weighted by Gasteiger charge is -1.94. The summed E-state index contributed by atoms with van der Waals surface area (Å²) in [6.07, 6.45) is 0. The van der Waals surface area contributed by atoms with E-state index in [1.165, 1.54) is 29.2 Å². The van der Waals surface area contributed by atoms with Gasteiger partial charge in [0.1, 0.15) is 10.5 Å². The molecule has 2 heterocycles. The molecule has 0 aliphatic carbocycles. The summed E-state index contributed by atoms with van der Waals surface area (Å²) in [6, 6.07) is 4.66. The van der Waals surface area contributed by atoms with Crippen molar-refractivity contribution in [2.45, 2.75) is 9.37 Å². The highest BCUT2D eigenvalue weighted by molar-refractivity contribution is 8.00. The van der Waals surface area contributed by atoms with Gasteiger partial charge in [-0.05, 0) is 23.9 Å². The van der Waals surface area contributed by atoms with Crippen LogP contribution < -0.4 is 0 Å². The van der Waals surface area contributed by atoms with E-state index in [1.54, 1.807) is 17.6 Å². The molecule has 2 aromatic heterocycles. The summed E-state index contributed by atoms with van der Waals surface area (Å²) in [7, 11) is 0. The molecule has 6 heteroatoms. The third kappa shape index (κ3) is 2.22. The maximum atomic E-state index is 12.6. The Kier molecular flexibility index (Phi) is 2.51. The van der Waals surface area contributed by atoms with Crippen molar-refractivity contribution in [2.75, 3.05) is 0 Å². The van der Waals surface area contributed by atoms with Crippen molar-refractivity contribution in [3.8, 4) is 0 Å². The summed E-state index contributed by atoms with van der Waals surface area (Å²) in [5.41, 5.74) is 1.63. The van der Waals surface area contributed by atoms with E-state index in [0.717, 1.165) is 4.34 Å². The van der Waals surface area contributed by atoms with Gasteiger partial charge >= 0.3 is 0 Å². The Hall–Kier alpha value is -1.01. The topological polar surface area (TPSA) is 38.7 Å². The van der Waals surface area contributed by atoms with Gasteiger partial charge in [-0.2, -0.15) is 4.39 Å². The largest absolute Gasteiger partial charge is 0.213 e. The summed E-state index contributed by atoms with van der Waals surface area (Å²) >= 11 is 2.70. The second-order valence-corrected chi connectivity index (χ2v) is 4.21. The Morgan fingerprint density at radius 2 is 2.31 bits per heavy atom. The normalized spacial score (nSPS) is 10.2. The molecular weight excluding hydrogens is 209 g/mol. The van der Waals surface area contributed by atoms with Gasteiger partial charge in [-0.15, -0.1) is 10.2 Å². The van der Waals surface area contributed by atoms with Crippen LogP contribution in [0.15, 0.2) is 33.1 Å². The van der Waals surface area contributed by atoms with Crippen LogP contribution in [-0.2, 0) is 0 Å². The van der Waals surface area contributed by atoms with Crippen LogP contribution in [-0.4, -0.2) is 15.2 Å². The van der Waals surface area contributed by atoms with E-state index >= 15 is 0 Å². The fourth-order valence-corrected chi connectivity index (χ4v) is 2.15. The molecule has 0 fully saturated rings. The summed E-state index contributed by atoms with van der Waals surface area (Å²) < 4.78 is 13.4. The molecule has 66 valence electrons. The van der Waals surface area contributed by atoms with Gasteiger partial charge in [-0.3, -0.25) is 0 Å². The quantitative estimate of drug-likeness (QED) is 0.717. The van der Waals surface area contributed by atoms with Crippen LogP contribution in [0.5, 0.6) is 0 Å². The summed E-state index contributed by atoms with van der Waals surface area (Å²) in [5.74, 6) is -0.477. The zero-order chi connectivity index (χ0) is 9.10. The molecule has 2 rings (SSSR count). The average Bonchev–Trinajstić information content (AvgIpc) is 2.57. The minimum atomic E-state index is -0.477. The Labute approximate surface area is 82.0 Å². The van der Waals surface area contributed by atoms with E-state index in [4.69, 9.17) is 0 Å². The third-order valence-electron chi connectivity index (χ3n) is 1.22. The molecule has 0 aliphatic heterocycles. The molecule has 2 aromatic rings. The molecule has 0 radical (unpaired) electrons. The standard InChI is InChI=1S/C7H4FN3S2/c8-5-2-1-3-6(10-5)13-7-11-9-4-12-7/h1-4H. The van der Waals surface area contributed by atoms with E-state index in [2.05, 4.69) is 15.2 Å². The van der Waals surface area contributed by atoms with Gasteiger partial charge in [0.25, 0.3) is 0 Å². The highest BCUT2D eigenvalue weighted by Gasteiger charge is 2.02. The monoisotopic (exact) mass is 213 g/mol. The van der Waals surface area contributed by atoms with Gasteiger partial charge in [-0.1, -0.05) is 17.4 Å². The van der Waals surface area contributed by atoms with Crippen molar-refractivity contribution in [2.24, 2.45) is 0 Å². The second-order valence-electron chi connectivity index (χ2n) is 2.11. The van der Waals surface area contributed by atoms with Gasteiger partial charge in [0.15, 0.2) is 4.34 Å². The molecule has 0 saturated heterocycles. The summed E-state index contributed by atoms with van der Waals surface area (Å²) in [5, 5.41) is 8.07. The highest BCUT2D eigenvalue weighted by Crippen LogP contribution is 2.26. The van der Waals surface area contributed by atoms with Crippen LogP contribution >= 0.6 is 23.1 Å². The Morgan fingerprint density at radius 3 is 3.00 bits per heavy atom. The van der Waals surface area contributed by atoms with Gasteiger partial charge in [-0.25, -0.2) is 4.98 Å². The predicted molar refractivity (Wildman–Crippen MR) is 48.2 cm³/mol. The molecule has 0 amide bonds. The lowest BCUT2D eigenvalue weighted by atomic mass is 10.5. The summed E-state index contributed by atoms with van der Waals surface area (Å²) in [4.78, 5) is 3.68. The molecule has 3 nitrogen and oxygen atoms in total. The first-order valence-corrected chi connectivity index (χ1v) is 5.11. The minimum absolute atomic E-state index is 0.477. The van der Waals surface area contributed by atoms with E-state index < -0.39 is 5.95 Å². The Balaban J connectivity index is 2.19. The fraction of sp³-hybridized carbons (Fsp3) is 0. The molecule has 0 spiro atoms. The molecular formula is C7H4FN3S2. The maximum Gasteiger partial charge on any atom is 0.213 e. The van der Waals surface area contributed by atoms with Gasteiger partial charge in [0, 0.05) is 0 Å². The van der Waals surface area contributed by atoms with E-state index in [0.29, 0.717) is 5.03 Å². The number of pyridine rings is 1. The van der Waals surface area contributed by atoms with Gasteiger partial charge < -0.3 is 0 Å². The van der Waals surface area contributed by atoms with Crippen LogP contribution in [0.2, 0.25) is 0 Å². The second kappa shape index (κ2) is 3.80. The van der Waals surface area contributed by atoms with Crippen molar-refractivity contribution in [3.05, 3.63) is 29.7 Å². The zero-order valence-corrected chi connectivity index (χ0v) is 7.98. The van der Waals surface area contributed by atoms with Crippen molar-refractivity contribution < 1.29 is 4.39 Å². The molecule has 0 aliphatic rings.